The van der Waals surface area contributed by atoms with E-state index in [1.165, 1.54) is 6.08 Å². The molecule has 0 saturated carbocycles. The summed E-state index contributed by atoms with van der Waals surface area (Å²) in [4.78, 5) is 21.1. The third-order valence-electron chi connectivity index (χ3n) is 2.28. The van der Waals surface area contributed by atoms with Gasteiger partial charge < -0.3 is 10.4 Å². The lowest BCUT2D eigenvalue weighted by atomic mass is 9.95. The van der Waals surface area contributed by atoms with E-state index in [1.807, 2.05) is 5.32 Å². The molecule has 0 aromatic rings. The SMILES string of the molecule is O=C(O)C1=CCC(NC(=O)C(F)(F)F)CC1. The van der Waals surface area contributed by atoms with Crippen LogP contribution >= 0.6 is 0 Å². The van der Waals surface area contributed by atoms with Gasteiger partial charge in [-0.05, 0) is 19.3 Å². The lowest BCUT2D eigenvalue weighted by Crippen LogP contribution is -2.43. The second-order valence-electron chi connectivity index (χ2n) is 3.48. The number of halogens is 3. The fraction of sp³-hybridized carbons (Fsp3) is 0.556. The van der Waals surface area contributed by atoms with E-state index in [0.717, 1.165) is 0 Å². The van der Waals surface area contributed by atoms with Crippen LogP contribution in [0.25, 0.3) is 0 Å². The Kier molecular flexibility index (Phi) is 3.56. The minimum atomic E-state index is -4.89. The number of alkyl halides is 3. The fourth-order valence-electron chi connectivity index (χ4n) is 1.43. The van der Waals surface area contributed by atoms with Crippen LogP contribution in [0, 0.1) is 0 Å². The minimum Gasteiger partial charge on any atom is -0.478 e. The van der Waals surface area contributed by atoms with E-state index < -0.39 is 24.1 Å². The number of hydrogen-bond donors (Lipinski definition) is 2. The van der Waals surface area contributed by atoms with Gasteiger partial charge in [0.1, 0.15) is 0 Å². The van der Waals surface area contributed by atoms with Crippen LogP contribution in [-0.4, -0.2) is 29.2 Å². The van der Waals surface area contributed by atoms with E-state index in [2.05, 4.69) is 0 Å². The Morgan fingerprint density at radius 3 is 2.44 bits per heavy atom. The first-order chi connectivity index (χ1) is 7.30. The van der Waals surface area contributed by atoms with Gasteiger partial charge in [-0.1, -0.05) is 6.08 Å². The van der Waals surface area contributed by atoms with E-state index >= 15 is 0 Å². The second kappa shape index (κ2) is 4.54. The minimum absolute atomic E-state index is 0.115. The first-order valence-electron chi connectivity index (χ1n) is 4.60. The van der Waals surface area contributed by atoms with Crippen molar-refractivity contribution in [2.75, 3.05) is 0 Å². The summed E-state index contributed by atoms with van der Waals surface area (Å²) in [6, 6.07) is -0.641. The standard InChI is InChI=1S/C9H10F3NO3/c10-9(11,12)8(16)13-6-3-1-5(2-4-6)7(14)15/h1,6H,2-4H2,(H,13,16)(H,14,15). The van der Waals surface area contributed by atoms with E-state index in [4.69, 9.17) is 5.11 Å². The van der Waals surface area contributed by atoms with Crippen LogP contribution in [0.15, 0.2) is 11.6 Å². The van der Waals surface area contributed by atoms with Gasteiger partial charge in [0.2, 0.25) is 0 Å². The fourth-order valence-corrected chi connectivity index (χ4v) is 1.43. The average Bonchev–Trinajstić information content (AvgIpc) is 2.17. The Balaban J connectivity index is 2.50. The molecule has 1 atom stereocenters. The van der Waals surface area contributed by atoms with Gasteiger partial charge in [0.25, 0.3) is 0 Å². The summed E-state index contributed by atoms with van der Waals surface area (Å²) in [5.41, 5.74) is 0.178. The lowest BCUT2D eigenvalue weighted by Gasteiger charge is -2.22. The van der Waals surface area contributed by atoms with Crippen LogP contribution in [-0.2, 0) is 9.59 Å². The summed E-state index contributed by atoms with van der Waals surface area (Å²) in [7, 11) is 0. The molecule has 90 valence electrons. The van der Waals surface area contributed by atoms with Gasteiger partial charge in [0.05, 0.1) is 0 Å². The van der Waals surface area contributed by atoms with Crippen molar-refractivity contribution in [3.05, 3.63) is 11.6 Å². The smallest absolute Gasteiger partial charge is 0.471 e. The number of carbonyl (C=O) groups excluding carboxylic acids is 1. The van der Waals surface area contributed by atoms with Crippen molar-refractivity contribution in [1.82, 2.24) is 5.32 Å². The molecule has 0 heterocycles. The summed E-state index contributed by atoms with van der Waals surface area (Å²) in [6.45, 7) is 0. The monoisotopic (exact) mass is 237 g/mol. The predicted molar refractivity (Wildman–Crippen MR) is 47.6 cm³/mol. The Bertz CT molecular complexity index is 335. The molecule has 0 saturated heterocycles. The van der Waals surface area contributed by atoms with Gasteiger partial charge in [0.15, 0.2) is 0 Å². The van der Waals surface area contributed by atoms with Crippen molar-refractivity contribution in [2.45, 2.75) is 31.5 Å². The van der Waals surface area contributed by atoms with Crippen LogP contribution in [0.2, 0.25) is 0 Å². The van der Waals surface area contributed by atoms with Gasteiger partial charge in [0, 0.05) is 11.6 Å². The molecule has 0 spiro atoms. The van der Waals surface area contributed by atoms with E-state index in [0.29, 0.717) is 0 Å². The summed E-state index contributed by atoms with van der Waals surface area (Å²) in [5.74, 6) is -3.05. The highest BCUT2D eigenvalue weighted by Gasteiger charge is 2.39. The molecule has 0 bridgehead atoms. The molecular weight excluding hydrogens is 227 g/mol. The zero-order valence-electron chi connectivity index (χ0n) is 8.17. The molecule has 16 heavy (non-hydrogen) atoms. The molecule has 0 aromatic carbocycles. The quantitative estimate of drug-likeness (QED) is 0.759. The number of hydrogen-bond acceptors (Lipinski definition) is 2. The number of carboxylic acids is 1. The Morgan fingerprint density at radius 2 is 2.06 bits per heavy atom. The first-order valence-corrected chi connectivity index (χ1v) is 4.60. The van der Waals surface area contributed by atoms with E-state index in [1.54, 1.807) is 0 Å². The molecular formula is C9H10F3NO3. The van der Waals surface area contributed by atoms with Crippen LogP contribution in [0.3, 0.4) is 0 Å². The summed E-state index contributed by atoms with van der Waals surface area (Å²) in [6.07, 6.45) is -3.06. The molecule has 7 heteroatoms. The van der Waals surface area contributed by atoms with Crippen LogP contribution in [0.5, 0.6) is 0 Å². The highest BCUT2D eigenvalue weighted by molar-refractivity contribution is 5.87. The molecule has 1 unspecified atom stereocenters. The van der Waals surface area contributed by atoms with Crippen LogP contribution in [0.4, 0.5) is 13.2 Å². The van der Waals surface area contributed by atoms with Crippen molar-refractivity contribution in [1.29, 1.82) is 0 Å². The second-order valence-corrected chi connectivity index (χ2v) is 3.48. The van der Waals surface area contributed by atoms with Gasteiger partial charge >= 0.3 is 18.1 Å². The van der Waals surface area contributed by atoms with Crippen LogP contribution < -0.4 is 5.32 Å². The molecule has 2 N–H and O–H groups in total. The molecule has 1 aliphatic carbocycles. The number of aliphatic carboxylic acids is 1. The first kappa shape index (κ1) is 12.5. The number of nitrogens with one attached hydrogen (secondary N) is 1. The molecule has 0 fully saturated rings. The maximum absolute atomic E-state index is 11.9. The van der Waals surface area contributed by atoms with E-state index in [-0.39, 0.29) is 24.8 Å². The molecule has 0 aromatic heterocycles. The third kappa shape index (κ3) is 3.25. The zero-order chi connectivity index (χ0) is 12.3. The predicted octanol–water partition coefficient (Wildman–Crippen LogP) is 1.23. The van der Waals surface area contributed by atoms with Crippen molar-refractivity contribution in [3.8, 4) is 0 Å². The van der Waals surface area contributed by atoms with Gasteiger partial charge in [-0.2, -0.15) is 13.2 Å². The normalized spacial score (nSPS) is 21.2. The van der Waals surface area contributed by atoms with Gasteiger partial charge in [-0.15, -0.1) is 0 Å². The van der Waals surface area contributed by atoms with Crippen molar-refractivity contribution in [3.63, 3.8) is 0 Å². The van der Waals surface area contributed by atoms with Crippen LogP contribution in [0.1, 0.15) is 19.3 Å². The molecule has 4 nitrogen and oxygen atoms in total. The summed E-state index contributed by atoms with van der Waals surface area (Å²) < 4.78 is 35.7. The van der Waals surface area contributed by atoms with Crippen molar-refractivity contribution in [2.24, 2.45) is 0 Å². The number of carboxylic acid groups (broad SMARTS) is 1. The Morgan fingerprint density at radius 1 is 1.44 bits per heavy atom. The number of amides is 1. The van der Waals surface area contributed by atoms with Gasteiger partial charge in [-0.25, -0.2) is 4.79 Å². The number of carbonyl (C=O) groups is 2. The maximum Gasteiger partial charge on any atom is 0.471 e. The summed E-state index contributed by atoms with van der Waals surface area (Å²) >= 11 is 0. The zero-order valence-corrected chi connectivity index (χ0v) is 8.17. The Labute approximate surface area is 89.1 Å². The van der Waals surface area contributed by atoms with Crippen molar-refractivity contribution >= 4 is 11.9 Å². The maximum atomic E-state index is 11.9. The van der Waals surface area contributed by atoms with Crippen molar-refractivity contribution < 1.29 is 27.9 Å². The summed E-state index contributed by atoms with van der Waals surface area (Å²) in [5, 5.41) is 10.4. The topological polar surface area (TPSA) is 66.4 Å². The molecule has 0 radical (unpaired) electrons. The molecule has 1 aliphatic rings. The number of rotatable bonds is 2. The lowest BCUT2D eigenvalue weighted by molar-refractivity contribution is -0.174. The highest BCUT2D eigenvalue weighted by Crippen LogP contribution is 2.20. The molecule has 0 aliphatic heterocycles. The average molecular weight is 237 g/mol. The third-order valence-corrected chi connectivity index (χ3v) is 2.28. The van der Waals surface area contributed by atoms with E-state index in [9.17, 15) is 22.8 Å². The largest absolute Gasteiger partial charge is 0.478 e. The highest BCUT2D eigenvalue weighted by atomic mass is 19.4. The van der Waals surface area contributed by atoms with Gasteiger partial charge in [-0.3, -0.25) is 4.79 Å². The molecule has 1 rings (SSSR count). The Hall–Kier alpha value is -1.53. The molecule has 1 amide bonds.